The third-order valence-electron chi connectivity index (χ3n) is 15.4. The molecule has 0 saturated heterocycles. The lowest BCUT2D eigenvalue weighted by molar-refractivity contribution is -0.167. The van der Waals surface area contributed by atoms with Gasteiger partial charge in [0.2, 0.25) is 0 Å². The Bertz CT molecular complexity index is 1210. The van der Waals surface area contributed by atoms with Crippen molar-refractivity contribution >= 4 is 17.9 Å². The maximum absolute atomic E-state index is 12.9. The number of allylic oxidation sites excluding steroid dienone is 4. The van der Waals surface area contributed by atoms with Crippen LogP contribution in [0.2, 0.25) is 0 Å². The fourth-order valence-corrected chi connectivity index (χ4v) is 10.3. The third kappa shape index (κ3) is 62.6. The summed E-state index contributed by atoms with van der Waals surface area (Å²) in [6, 6.07) is 0. The van der Waals surface area contributed by atoms with Crippen molar-refractivity contribution in [2.75, 3.05) is 13.2 Å². The van der Waals surface area contributed by atoms with Crippen LogP contribution in [0.25, 0.3) is 0 Å². The molecule has 0 saturated carbocycles. The lowest BCUT2D eigenvalue weighted by Gasteiger charge is -2.18. The number of rotatable bonds is 63. The second-order valence-corrected chi connectivity index (χ2v) is 23.1. The van der Waals surface area contributed by atoms with E-state index in [2.05, 4.69) is 45.1 Å². The number of hydrogen-bond donors (Lipinski definition) is 0. The summed E-state index contributed by atoms with van der Waals surface area (Å²) >= 11 is 0. The molecule has 75 heavy (non-hydrogen) atoms. The van der Waals surface area contributed by atoms with E-state index in [9.17, 15) is 14.4 Å². The van der Waals surface area contributed by atoms with Crippen molar-refractivity contribution in [1.82, 2.24) is 0 Å². The number of carbonyl (C=O) groups is 3. The van der Waals surface area contributed by atoms with Crippen molar-refractivity contribution in [2.24, 2.45) is 0 Å². The minimum atomic E-state index is -0.768. The van der Waals surface area contributed by atoms with Gasteiger partial charge in [-0.3, -0.25) is 14.4 Å². The van der Waals surface area contributed by atoms with E-state index in [1.807, 2.05) is 0 Å². The van der Waals surface area contributed by atoms with Gasteiger partial charge in [-0.15, -0.1) is 0 Å². The Morgan fingerprint density at radius 2 is 0.440 bits per heavy atom. The van der Waals surface area contributed by atoms with E-state index in [1.165, 1.54) is 283 Å². The van der Waals surface area contributed by atoms with Gasteiger partial charge in [0.15, 0.2) is 6.10 Å². The number of unbranched alkanes of at least 4 members (excludes halogenated alkanes) is 48. The normalized spacial score (nSPS) is 12.1. The Morgan fingerprint density at radius 3 is 0.667 bits per heavy atom. The van der Waals surface area contributed by atoms with E-state index in [4.69, 9.17) is 14.2 Å². The van der Waals surface area contributed by atoms with Crippen LogP contribution < -0.4 is 0 Å². The van der Waals surface area contributed by atoms with Crippen LogP contribution in [0.1, 0.15) is 380 Å². The Morgan fingerprint density at radius 1 is 0.253 bits per heavy atom. The lowest BCUT2D eigenvalue weighted by atomic mass is 10.0. The van der Waals surface area contributed by atoms with Crippen molar-refractivity contribution in [2.45, 2.75) is 386 Å². The van der Waals surface area contributed by atoms with E-state index in [0.29, 0.717) is 19.3 Å². The van der Waals surface area contributed by atoms with Crippen molar-refractivity contribution in [3.63, 3.8) is 0 Å². The SMILES string of the molecule is CCCCCCCC/C=C\CCCCCCCCCCCC(=O)OC(COC(=O)CCCCCCCCCCCCC)COC(=O)CCCCCCCCCCCCCCCCC/C=C\CCCCCCCCCC. The molecular weight excluding hydrogens is 925 g/mol. The molecule has 0 bridgehead atoms. The quantitative estimate of drug-likeness (QED) is 0.0261. The molecule has 0 heterocycles. The first-order valence-electron chi connectivity index (χ1n) is 33.8. The maximum Gasteiger partial charge on any atom is 0.306 e. The van der Waals surface area contributed by atoms with Crippen molar-refractivity contribution in [3.05, 3.63) is 24.3 Å². The first kappa shape index (κ1) is 72.9. The van der Waals surface area contributed by atoms with E-state index >= 15 is 0 Å². The first-order chi connectivity index (χ1) is 37.0. The van der Waals surface area contributed by atoms with Gasteiger partial charge < -0.3 is 14.2 Å². The zero-order valence-electron chi connectivity index (χ0n) is 50.8. The minimum absolute atomic E-state index is 0.0664. The average Bonchev–Trinajstić information content (AvgIpc) is 3.41. The van der Waals surface area contributed by atoms with Gasteiger partial charge in [0.1, 0.15) is 13.2 Å². The Hall–Kier alpha value is -2.11. The highest BCUT2D eigenvalue weighted by Gasteiger charge is 2.19. The van der Waals surface area contributed by atoms with Crippen LogP contribution in [0.5, 0.6) is 0 Å². The molecule has 0 spiro atoms. The molecule has 6 nitrogen and oxygen atoms in total. The topological polar surface area (TPSA) is 78.9 Å². The summed E-state index contributed by atoms with van der Waals surface area (Å²) in [6.45, 7) is 6.69. The van der Waals surface area contributed by atoms with Crippen molar-refractivity contribution in [3.8, 4) is 0 Å². The minimum Gasteiger partial charge on any atom is -0.462 e. The molecule has 442 valence electrons. The summed E-state index contributed by atoms with van der Waals surface area (Å²) in [7, 11) is 0. The van der Waals surface area contributed by atoms with Crippen LogP contribution in [-0.4, -0.2) is 37.2 Å². The second-order valence-electron chi connectivity index (χ2n) is 23.1. The van der Waals surface area contributed by atoms with Gasteiger partial charge in [-0.25, -0.2) is 0 Å². The molecule has 0 aromatic rings. The van der Waals surface area contributed by atoms with Crippen LogP contribution in [0.4, 0.5) is 0 Å². The number of carbonyl (C=O) groups excluding carboxylic acids is 3. The van der Waals surface area contributed by atoms with Gasteiger partial charge in [-0.1, -0.05) is 315 Å². The summed E-state index contributed by atoms with van der Waals surface area (Å²) in [5, 5.41) is 0. The number of ether oxygens (including phenoxy) is 3. The highest BCUT2D eigenvalue weighted by Crippen LogP contribution is 2.18. The molecule has 0 aromatic carbocycles. The third-order valence-corrected chi connectivity index (χ3v) is 15.4. The molecule has 0 fully saturated rings. The van der Waals surface area contributed by atoms with Gasteiger partial charge in [0, 0.05) is 19.3 Å². The molecule has 0 amide bonds. The van der Waals surface area contributed by atoms with Gasteiger partial charge in [0.05, 0.1) is 0 Å². The highest BCUT2D eigenvalue weighted by molar-refractivity contribution is 5.71. The van der Waals surface area contributed by atoms with Crippen LogP contribution in [0.15, 0.2) is 24.3 Å². The molecule has 1 unspecified atom stereocenters. The summed E-state index contributed by atoms with van der Waals surface area (Å²) in [5.74, 6) is -0.842. The largest absolute Gasteiger partial charge is 0.462 e. The van der Waals surface area contributed by atoms with Gasteiger partial charge >= 0.3 is 17.9 Å². The molecular formula is C69H130O6. The standard InChI is InChI=1S/C69H130O6/c1-4-7-10-13-16-19-22-24-26-28-30-31-32-33-34-35-36-37-39-40-42-44-47-50-53-56-59-62-68(71)74-65-66(64-73-67(70)61-58-55-52-49-46-21-18-15-12-9-6-3)75-69(72)63-60-57-54-51-48-45-43-41-38-29-27-25-23-20-17-14-11-8-5-2/h25,27-28,30,66H,4-24,26,29,31-65H2,1-3H3/b27-25-,30-28-. The molecule has 0 aliphatic heterocycles. The number of esters is 3. The molecule has 0 rings (SSSR count). The van der Waals surface area contributed by atoms with Crippen molar-refractivity contribution in [1.29, 1.82) is 0 Å². The molecule has 1 atom stereocenters. The molecule has 0 aromatic heterocycles. The number of hydrogen-bond acceptors (Lipinski definition) is 6. The fraction of sp³-hybridized carbons (Fsp3) is 0.899. The van der Waals surface area contributed by atoms with Gasteiger partial charge in [-0.05, 0) is 70.6 Å². The summed E-state index contributed by atoms with van der Waals surface area (Å²) in [6.07, 6.45) is 77.8. The van der Waals surface area contributed by atoms with E-state index < -0.39 is 6.10 Å². The Labute approximate surface area is 468 Å². The maximum atomic E-state index is 12.9. The summed E-state index contributed by atoms with van der Waals surface area (Å²) in [4.78, 5) is 38.3. The molecule has 0 radical (unpaired) electrons. The highest BCUT2D eigenvalue weighted by atomic mass is 16.6. The van der Waals surface area contributed by atoms with Crippen LogP contribution >= 0.6 is 0 Å². The monoisotopic (exact) mass is 1050 g/mol. The zero-order chi connectivity index (χ0) is 54.3. The summed E-state index contributed by atoms with van der Waals surface area (Å²) in [5.41, 5.74) is 0. The lowest BCUT2D eigenvalue weighted by Crippen LogP contribution is -2.30. The second kappa shape index (κ2) is 64.4. The Balaban J connectivity index is 4.17. The zero-order valence-corrected chi connectivity index (χ0v) is 50.8. The van der Waals surface area contributed by atoms with E-state index in [-0.39, 0.29) is 31.1 Å². The van der Waals surface area contributed by atoms with Crippen molar-refractivity contribution < 1.29 is 28.6 Å². The van der Waals surface area contributed by atoms with Crippen LogP contribution in [0.3, 0.4) is 0 Å². The molecule has 6 heteroatoms. The average molecular weight is 1060 g/mol. The van der Waals surface area contributed by atoms with Gasteiger partial charge in [-0.2, -0.15) is 0 Å². The molecule has 0 N–H and O–H groups in total. The molecule has 0 aliphatic carbocycles. The first-order valence-corrected chi connectivity index (χ1v) is 33.8. The van der Waals surface area contributed by atoms with Crippen LogP contribution in [-0.2, 0) is 28.6 Å². The van der Waals surface area contributed by atoms with E-state index in [1.54, 1.807) is 0 Å². The Kier molecular flexibility index (Phi) is 62.6. The fourth-order valence-electron chi connectivity index (χ4n) is 10.3. The smallest absolute Gasteiger partial charge is 0.306 e. The predicted molar refractivity (Wildman–Crippen MR) is 326 cm³/mol. The van der Waals surface area contributed by atoms with Gasteiger partial charge in [0.25, 0.3) is 0 Å². The van der Waals surface area contributed by atoms with Crippen LogP contribution in [0, 0.1) is 0 Å². The summed E-state index contributed by atoms with van der Waals surface area (Å²) < 4.78 is 16.9. The van der Waals surface area contributed by atoms with E-state index in [0.717, 1.165) is 57.8 Å². The predicted octanol–water partition coefficient (Wildman–Crippen LogP) is 23.0. The molecule has 0 aliphatic rings.